The average molecular weight is 235 g/mol. The number of carboxylic acids is 1. The van der Waals surface area contributed by atoms with Crippen LogP contribution in [0, 0.1) is 20.8 Å². The van der Waals surface area contributed by atoms with Crippen LogP contribution >= 0.6 is 0 Å². The maximum Gasteiger partial charge on any atom is 0.303 e. The van der Waals surface area contributed by atoms with Crippen molar-refractivity contribution in [3.63, 3.8) is 0 Å². The third-order valence-electron chi connectivity index (χ3n) is 3.01. The van der Waals surface area contributed by atoms with Crippen molar-refractivity contribution >= 4 is 5.97 Å². The minimum absolute atomic E-state index is 0.0602. The third-order valence-corrected chi connectivity index (χ3v) is 3.01. The largest absolute Gasteiger partial charge is 0.481 e. The van der Waals surface area contributed by atoms with Crippen LogP contribution in [0.3, 0.4) is 0 Å². The monoisotopic (exact) mass is 235 g/mol. The number of carbonyl (C=O) groups is 1. The van der Waals surface area contributed by atoms with Gasteiger partial charge in [-0.25, -0.2) is 0 Å². The summed E-state index contributed by atoms with van der Waals surface area (Å²) < 4.78 is 0. The van der Waals surface area contributed by atoms with Crippen molar-refractivity contribution in [2.45, 2.75) is 46.1 Å². The maximum absolute atomic E-state index is 10.5. The summed E-state index contributed by atoms with van der Waals surface area (Å²) in [7, 11) is 0. The Balaban J connectivity index is 2.75. The molecule has 0 aliphatic rings. The van der Waals surface area contributed by atoms with Crippen molar-refractivity contribution < 1.29 is 9.90 Å². The zero-order valence-electron chi connectivity index (χ0n) is 10.8. The molecule has 0 aliphatic carbocycles. The quantitative estimate of drug-likeness (QED) is 0.824. The van der Waals surface area contributed by atoms with E-state index in [4.69, 9.17) is 10.8 Å². The van der Waals surface area contributed by atoms with E-state index in [1.54, 1.807) is 0 Å². The van der Waals surface area contributed by atoms with Crippen LogP contribution in [-0.4, -0.2) is 11.1 Å². The predicted molar refractivity (Wildman–Crippen MR) is 69.1 cm³/mol. The van der Waals surface area contributed by atoms with Gasteiger partial charge in [0.25, 0.3) is 0 Å². The van der Waals surface area contributed by atoms with Crippen molar-refractivity contribution in [3.05, 3.63) is 34.4 Å². The maximum atomic E-state index is 10.5. The molecule has 3 N–H and O–H groups in total. The van der Waals surface area contributed by atoms with Gasteiger partial charge in [-0.15, -0.1) is 0 Å². The van der Waals surface area contributed by atoms with Gasteiger partial charge < -0.3 is 10.8 Å². The molecule has 0 heterocycles. The SMILES string of the molecule is Cc1cc(C)c(C(N)CCCC(=O)O)c(C)c1. The Morgan fingerprint density at radius 2 is 1.82 bits per heavy atom. The van der Waals surface area contributed by atoms with Gasteiger partial charge in [0.2, 0.25) is 0 Å². The summed E-state index contributed by atoms with van der Waals surface area (Å²) in [5, 5.41) is 8.60. The zero-order chi connectivity index (χ0) is 13.0. The van der Waals surface area contributed by atoms with Gasteiger partial charge in [-0.05, 0) is 50.3 Å². The lowest BCUT2D eigenvalue weighted by molar-refractivity contribution is -0.137. The fraction of sp³-hybridized carbons (Fsp3) is 0.500. The fourth-order valence-corrected chi connectivity index (χ4v) is 2.39. The third kappa shape index (κ3) is 3.86. The zero-order valence-corrected chi connectivity index (χ0v) is 10.8. The first-order valence-electron chi connectivity index (χ1n) is 5.97. The van der Waals surface area contributed by atoms with Crippen LogP contribution in [-0.2, 0) is 4.79 Å². The molecule has 0 radical (unpaired) electrons. The number of benzene rings is 1. The molecule has 0 fully saturated rings. The van der Waals surface area contributed by atoms with Crippen LogP contribution in [0.1, 0.15) is 47.6 Å². The summed E-state index contributed by atoms with van der Waals surface area (Å²) in [5.41, 5.74) is 10.9. The second-order valence-corrected chi connectivity index (χ2v) is 4.70. The molecular weight excluding hydrogens is 214 g/mol. The number of hydrogen-bond acceptors (Lipinski definition) is 2. The van der Waals surface area contributed by atoms with E-state index in [-0.39, 0.29) is 12.5 Å². The predicted octanol–water partition coefficient (Wildman–Crippen LogP) is 2.87. The van der Waals surface area contributed by atoms with Crippen LogP contribution in [0.4, 0.5) is 0 Å². The molecule has 0 amide bonds. The van der Waals surface area contributed by atoms with Gasteiger partial charge >= 0.3 is 5.97 Å². The molecule has 0 saturated heterocycles. The van der Waals surface area contributed by atoms with Crippen molar-refractivity contribution in [3.8, 4) is 0 Å². The van der Waals surface area contributed by atoms with Gasteiger partial charge in [-0.1, -0.05) is 17.7 Å². The van der Waals surface area contributed by atoms with Crippen LogP contribution in [0.25, 0.3) is 0 Å². The average Bonchev–Trinajstić information content (AvgIpc) is 2.14. The summed E-state index contributed by atoms with van der Waals surface area (Å²) in [6.45, 7) is 6.19. The normalized spacial score (nSPS) is 12.5. The molecule has 0 spiro atoms. The summed E-state index contributed by atoms with van der Waals surface area (Å²) in [4.78, 5) is 10.5. The van der Waals surface area contributed by atoms with Gasteiger partial charge in [0.15, 0.2) is 0 Å². The van der Waals surface area contributed by atoms with E-state index >= 15 is 0 Å². The van der Waals surface area contributed by atoms with Crippen LogP contribution in [0.5, 0.6) is 0 Å². The molecule has 94 valence electrons. The van der Waals surface area contributed by atoms with Gasteiger partial charge in [-0.2, -0.15) is 0 Å². The molecule has 1 aromatic carbocycles. The molecule has 1 unspecified atom stereocenters. The smallest absolute Gasteiger partial charge is 0.303 e. The molecular formula is C14H21NO2. The lowest BCUT2D eigenvalue weighted by Crippen LogP contribution is -2.14. The first kappa shape index (κ1) is 13.7. The van der Waals surface area contributed by atoms with E-state index in [1.807, 2.05) is 0 Å². The molecule has 0 aliphatic heterocycles. The summed E-state index contributed by atoms with van der Waals surface area (Å²) in [6, 6.07) is 4.19. The molecule has 3 heteroatoms. The number of aliphatic carboxylic acids is 1. The highest BCUT2D eigenvalue weighted by molar-refractivity contribution is 5.66. The Morgan fingerprint density at radius 1 is 1.29 bits per heavy atom. The van der Waals surface area contributed by atoms with E-state index in [9.17, 15) is 4.79 Å². The minimum Gasteiger partial charge on any atom is -0.481 e. The molecule has 0 bridgehead atoms. The van der Waals surface area contributed by atoms with Crippen molar-refractivity contribution in [2.75, 3.05) is 0 Å². The van der Waals surface area contributed by atoms with Crippen LogP contribution < -0.4 is 5.73 Å². The molecule has 0 saturated carbocycles. The van der Waals surface area contributed by atoms with Gasteiger partial charge in [0.1, 0.15) is 0 Å². The molecule has 17 heavy (non-hydrogen) atoms. The standard InChI is InChI=1S/C14H21NO2/c1-9-7-10(2)14(11(3)8-9)12(15)5-4-6-13(16)17/h7-8,12H,4-6,15H2,1-3H3,(H,16,17). The molecule has 1 aromatic rings. The number of rotatable bonds is 5. The lowest BCUT2D eigenvalue weighted by atomic mass is 9.92. The molecule has 1 rings (SSSR count). The lowest BCUT2D eigenvalue weighted by Gasteiger charge is -2.18. The second kappa shape index (κ2) is 5.82. The summed E-state index contributed by atoms with van der Waals surface area (Å²) >= 11 is 0. The molecule has 3 nitrogen and oxygen atoms in total. The van der Waals surface area contributed by atoms with E-state index in [2.05, 4.69) is 32.9 Å². The first-order chi connectivity index (χ1) is 7.91. The number of hydrogen-bond donors (Lipinski definition) is 2. The number of nitrogens with two attached hydrogens (primary N) is 1. The van der Waals surface area contributed by atoms with E-state index < -0.39 is 5.97 Å². The van der Waals surface area contributed by atoms with Crippen LogP contribution in [0.15, 0.2) is 12.1 Å². The molecule has 1 atom stereocenters. The van der Waals surface area contributed by atoms with Crippen molar-refractivity contribution in [1.82, 2.24) is 0 Å². The minimum atomic E-state index is -0.755. The Bertz CT molecular complexity index is 390. The van der Waals surface area contributed by atoms with E-state index in [1.165, 1.54) is 22.3 Å². The highest BCUT2D eigenvalue weighted by Crippen LogP contribution is 2.25. The second-order valence-electron chi connectivity index (χ2n) is 4.70. The van der Waals surface area contributed by atoms with Gasteiger partial charge in [0.05, 0.1) is 0 Å². The Morgan fingerprint density at radius 3 is 2.29 bits per heavy atom. The molecule has 0 aromatic heterocycles. The van der Waals surface area contributed by atoms with Crippen molar-refractivity contribution in [1.29, 1.82) is 0 Å². The summed E-state index contributed by atoms with van der Waals surface area (Å²) in [6.07, 6.45) is 1.54. The van der Waals surface area contributed by atoms with E-state index in [0.29, 0.717) is 6.42 Å². The fourth-order valence-electron chi connectivity index (χ4n) is 2.39. The van der Waals surface area contributed by atoms with E-state index in [0.717, 1.165) is 6.42 Å². The number of aryl methyl sites for hydroxylation is 3. The topological polar surface area (TPSA) is 63.3 Å². The number of carboxylic acid groups (broad SMARTS) is 1. The van der Waals surface area contributed by atoms with Gasteiger partial charge in [-0.3, -0.25) is 4.79 Å². The van der Waals surface area contributed by atoms with Crippen LogP contribution in [0.2, 0.25) is 0 Å². The Hall–Kier alpha value is -1.35. The Labute approximate surface area is 103 Å². The van der Waals surface area contributed by atoms with Gasteiger partial charge in [0, 0.05) is 12.5 Å². The summed E-state index contributed by atoms with van der Waals surface area (Å²) in [5.74, 6) is -0.755. The highest BCUT2D eigenvalue weighted by atomic mass is 16.4. The highest BCUT2D eigenvalue weighted by Gasteiger charge is 2.12. The van der Waals surface area contributed by atoms with Crippen molar-refractivity contribution in [2.24, 2.45) is 5.73 Å². The first-order valence-corrected chi connectivity index (χ1v) is 5.97. The Kier molecular flexibility index (Phi) is 4.70.